The molecule has 0 aliphatic carbocycles. The number of nitrogens with zero attached hydrogens (tertiary/aromatic N) is 4. The fourth-order valence-corrected chi connectivity index (χ4v) is 3.41. The molecule has 7 heteroatoms. The predicted octanol–water partition coefficient (Wildman–Crippen LogP) is 1.32. The first kappa shape index (κ1) is 20.7. The molecule has 1 fully saturated rings. The number of aromatic nitrogens is 2. The molecule has 0 bridgehead atoms. The molecule has 0 aromatic carbocycles. The first-order valence-corrected chi connectivity index (χ1v) is 10.0. The Morgan fingerprint density at radius 2 is 1.92 bits per heavy atom. The summed E-state index contributed by atoms with van der Waals surface area (Å²) in [6.07, 6.45) is 3.04. The van der Waals surface area contributed by atoms with Gasteiger partial charge in [-0.1, -0.05) is 13.8 Å². The van der Waals surface area contributed by atoms with Crippen molar-refractivity contribution in [3.63, 3.8) is 0 Å². The van der Waals surface area contributed by atoms with Gasteiger partial charge in [-0.25, -0.2) is 4.99 Å². The van der Waals surface area contributed by atoms with Gasteiger partial charge in [0.2, 0.25) is 0 Å². The number of rotatable bonds is 9. The van der Waals surface area contributed by atoms with Crippen LogP contribution in [0.2, 0.25) is 0 Å². The van der Waals surface area contributed by atoms with Crippen LogP contribution < -0.4 is 10.6 Å². The lowest BCUT2D eigenvalue weighted by molar-refractivity contribution is 0.0376. The Kier molecular flexibility index (Phi) is 8.91. The highest BCUT2D eigenvalue weighted by atomic mass is 16.5. The third kappa shape index (κ3) is 5.99. The molecule has 1 aliphatic heterocycles. The third-order valence-corrected chi connectivity index (χ3v) is 4.81. The van der Waals surface area contributed by atoms with E-state index in [4.69, 9.17) is 9.73 Å². The monoisotopic (exact) mass is 364 g/mol. The maximum atomic E-state index is 5.40. The second-order valence-corrected chi connectivity index (χ2v) is 6.63. The summed E-state index contributed by atoms with van der Waals surface area (Å²) in [4.78, 5) is 7.27. The Hall–Kier alpha value is -1.60. The molecule has 0 saturated carbocycles. The van der Waals surface area contributed by atoms with Crippen molar-refractivity contribution < 1.29 is 4.74 Å². The van der Waals surface area contributed by atoms with Gasteiger partial charge in [-0.15, -0.1) is 0 Å². The minimum Gasteiger partial charge on any atom is -0.379 e. The highest BCUT2D eigenvalue weighted by Gasteiger charge is 2.13. The van der Waals surface area contributed by atoms with Crippen LogP contribution in [0.3, 0.4) is 0 Å². The van der Waals surface area contributed by atoms with Crippen LogP contribution in [0, 0.1) is 0 Å². The zero-order valence-electron chi connectivity index (χ0n) is 17.0. The largest absolute Gasteiger partial charge is 0.379 e. The Morgan fingerprint density at radius 3 is 2.58 bits per heavy atom. The summed E-state index contributed by atoms with van der Waals surface area (Å²) in [6, 6.07) is 0. The molecule has 2 N–H and O–H groups in total. The summed E-state index contributed by atoms with van der Waals surface area (Å²) in [5.74, 6) is 0.891. The second kappa shape index (κ2) is 11.2. The Bertz CT molecular complexity index is 563. The van der Waals surface area contributed by atoms with E-state index in [2.05, 4.69) is 41.4 Å². The normalized spacial score (nSPS) is 16.1. The number of aliphatic imine (C=N–C) groups is 1. The van der Waals surface area contributed by atoms with Crippen LogP contribution in [-0.4, -0.2) is 66.6 Å². The number of ether oxygens (including phenoxy) is 1. The molecule has 26 heavy (non-hydrogen) atoms. The van der Waals surface area contributed by atoms with E-state index in [1.165, 1.54) is 11.3 Å². The van der Waals surface area contributed by atoms with E-state index in [1.807, 2.05) is 11.7 Å². The zero-order chi connectivity index (χ0) is 18.8. The van der Waals surface area contributed by atoms with Crippen molar-refractivity contribution in [3.05, 3.63) is 17.0 Å². The quantitative estimate of drug-likeness (QED) is 0.393. The lowest BCUT2D eigenvalue weighted by Gasteiger charge is -2.26. The Labute approximate surface area is 158 Å². The van der Waals surface area contributed by atoms with E-state index in [9.17, 15) is 0 Å². The van der Waals surface area contributed by atoms with Gasteiger partial charge < -0.3 is 15.4 Å². The molecular weight excluding hydrogens is 328 g/mol. The fraction of sp³-hybridized carbons (Fsp3) is 0.789. The van der Waals surface area contributed by atoms with Crippen molar-refractivity contribution in [1.29, 1.82) is 0 Å². The van der Waals surface area contributed by atoms with Gasteiger partial charge in [-0.2, -0.15) is 5.10 Å². The minimum absolute atomic E-state index is 0.680. The first-order chi connectivity index (χ1) is 12.7. The summed E-state index contributed by atoms with van der Waals surface area (Å²) in [6.45, 7) is 13.8. The molecule has 0 spiro atoms. The van der Waals surface area contributed by atoms with Gasteiger partial charge in [0, 0.05) is 44.5 Å². The van der Waals surface area contributed by atoms with Crippen LogP contribution in [0.4, 0.5) is 0 Å². The molecule has 2 rings (SSSR count). The molecule has 0 atom stereocenters. The number of morpholine rings is 1. The van der Waals surface area contributed by atoms with E-state index in [1.54, 1.807) is 0 Å². The maximum Gasteiger partial charge on any atom is 0.191 e. The topological polar surface area (TPSA) is 66.7 Å². The van der Waals surface area contributed by atoms with E-state index in [-0.39, 0.29) is 0 Å². The van der Waals surface area contributed by atoms with Crippen molar-refractivity contribution >= 4 is 5.96 Å². The van der Waals surface area contributed by atoms with Crippen LogP contribution in [-0.2, 0) is 31.2 Å². The highest BCUT2D eigenvalue weighted by Crippen LogP contribution is 2.16. The fourth-order valence-electron chi connectivity index (χ4n) is 3.41. The molecule has 1 aromatic rings. The van der Waals surface area contributed by atoms with Gasteiger partial charge in [0.05, 0.1) is 25.5 Å². The molecule has 7 nitrogen and oxygen atoms in total. The van der Waals surface area contributed by atoms with Crippen LogP contribution in [0.5, 0.6) is 0 Å². The number of hydrogen-bond donors (Lipinski definition) is 2. The average Bonchev–Trinajstić information content (AvgIpc) is 2.98. The first-order valence-electron chi connectivity index (χ1n) is 10.0. The molecule has 0 amide bonds. The Balaban J connectivity index is 1.87. The average molecular weight is 365 g/mol. The molecule has 2 heterocycles. The zero-order valence-corrected chi connectivity index (χ0v) is 17.0. The van der Waals surface area contributed by atoms with Crippen LogP contribution in [0.25, 0.3) is 0 Å². The maximum absolute atomic E-state index is 5.40. The summed E-state index contributed by atoms with van der Waals surface area (Å²) >= 11 is 0. The lowest BCUT2D eigenvalue weighted by atomic mass is 10.1. The van der Waals surface area contributed by atoms with Gasteiger partial charge in [0.1, 0.15) is 0 Å². The SMILES string of the molecule is CCNC(=NCc1c(CC)nn(C)c1CC)NCCCN1CCOCC1. The van der Waals surface area contributed by atoms with Crippen molar-refractivity contribution in [3.8, 4) is 0 Å². The van der Waals surface area contributed by atoms with E-state index in [0.29, 0.717) is 6.54 Å². The second-order valence-electron chi connectivity index (χ2n) is 6.63. The van der Waals surface area contributed by atoms with Crippen LogP contribution in [0.15, 0.2) is 4.99 Å². The molecule has 0 radical (unpaired) electrons. The summed E-state index contributed by atoms with van der Waals surface area (Å²) in [7, 11) is 2.03. The summed E-state index contributed by atoms with van der Waals surface area (Å²) in [5.41, 5.74) is 3.73. The van der Waals surface area contributed by atoms with Crippen molar-refractivity contribution in [2.75, 3.05) is 45.9 Å². The summed E-state index contributed by atoms with van der Waals surface area (Å²) in [5, 5.41) is 11.5. The van der Waals surface area contributed by atoms with Gasteiger partial charge in [0.25, 0.3) is 0 Å². The number of aryl methyl sites for hydroxylation is 2. The standard InChI is InChI=1S/C19H36N6O/c1-5-17-16(18(6-2)24(4)23-17)15-22-19(20-7-3)21-9-8-10-25-11-13-26-14-12-25/h5-15H2,1-4H3,(H2,20,21,22). The van der Waals surface area contributed by atoms with Gasteiger partial charge in [-0.05, 0) is 32.7 Å². The van der Waals surface area contributed by atoms with Gasteiger partial charge >= 0.3 is 0 Å². The van der Waals surface area contributed by atoms with E-state index < -0.39 is 0 Å². The minimum atomic E-state index is 0.680. The van der Waals surface area contributed by atoms with E-state index >= 15 is 0 Å². The van der Waals surface area contributed by atoms with Crippen LogP contribution in [0.1, 0.15) is 44.1 Å². The van der Waals surface area contributed by atoms with Crippen molar-refractivity contribution in [2.24, 2.45) is 12.0 Å². The highest BCUT2D eigenvalue weighted by molar-refractivity contribution is 5.79. The smallest absolute Gasteiger partial charge is 0.191 e. The molecule has 1 saturated heterocycles. The van der Waals surface area contributed by atoms with Gasteiger partial charge in [-0.3, -0.25) is 9.58 Å². The van der Waals surface area contributed by atoms with Gasteiger partial charge in [0.15, 0.2) is 5.96 Å². The third-order valence-electron chi connectivity index (χ3n) is 4.81. The predicted molar refractivity (Wildman–Crippen MR) is 107 cm³/mol. The van der Waals surface area contributed by atoms with Crippen LogP contribution >= 0.6 is 0 Å². The molecule has 1 aliphatic rings. The molecule has 0 unspecified atom stereocenters. The van der Waals surface area contributed by atoms with E-state index in [0.717, 1.165) is 76.9 Å². The van der Waals surface area contributed by atoms with Crippen molar-refractivity contribution in [1.82, 2.24) is 25.3 Å². The Morgan fingerprint density at radius 1 is 1.15 bits per heavy atom. The molecule has 1 aromatic heterocycles. The lowest BCUT2D eigenvalue weighted by Crippen LogP contribution is -2.40. The number of nitrogens with one attached hydrogen (secondary N) is 2. The molecular formula is C19H36N6O. The number of hydrogen-bond acceptors (Lipinski definition) is 4. The summed E-state index contributed by atoms with van der Waals surface area (Å²) < 4.78 is 7.40. The molecule has 148 valence electrons. The number of guanidine groups is 1. The van der Waals surface area contributed by atoms with Crippen molar-refractivity contribution in [2.45, 2.75) is 46.6 Å².